The maximum absolute atomic E-state index is 12.9. The highest BCUT2D eigenvalue weighted by molar-refractivity contribution is 6.05. The van der Waals surface area contributed by atoms with Gasteiger partial charge in [0.2, 0.25) is 0 Å². The van der Waals surface area contributed by atoms with Crippen molar-refractivity contribution in [3.63, 3.8) is 0 Å². The number of piperidine rings is 1. The molecule has 2 aliphatic rings. The summed E-state index contributed by atoms with van der Waals surface area (Å²) >= 11 is 0. The predicted octanol–water partition coefficient (Wildman–Crippen LogP) is 1.76. The van der Waals surface area contributed by atoms with Crippen LogP contribution in [0.1, 0.15) is 23.3 Å². The van der Waals surface area contributed by atoms with Gasteiger partial charge < -0.3 is 14.4 Å². The summed E-state index contributed by atoms with van der Waals surface area (Å²) in [5.74, 6) is 1.40. The first-order valence-electron chi connectivity index (χ1n) is 9.36. The summed E-state index contributed by atoms with van der Waals surface area (Å²) in [7, 11) is 1.63. The van der Waals surface area contributed by atoms with E-state index in [0.29, 0.717) is 11.6 Å². The van der Waals surface area contributed by atoms with Crippen LogP contribution in [0.3, 0.4) is 0 Å². The second-order valence-corrected chi connectivity index (χ2v) is 7.13. The number of nitrogens with one attached hydrogen (secondary N) is 1. The number of rotatable bonds is 4. The third kappa shape index (κ3) is 3.54. The highest BCUT2D eigenvalue weighted by Crippen LogP contribution is 2.25. The van der Waals surface area contributed by atoms with Crippen LogP contribution in [-0.4, -0.2) is 79.0 Å². The highest BCUT2D eigenvalue weighted by atomic mass is 16.5. The standard InChI is InChI=1S/C19H26N4O3/c1-25-15-2-3-17-16(12-15)18(21-20-17)19(24)23-6-4-14(5-7-23)13-22-8-10-26-11-9-22/h2-3,12,14H,4-11,13H2,1H3,(H,20,21). The lowest BCUT2D eigenvalue weighted by Gasteiger charge is -2.35. The molecule has 0 aliphatic carbocycles. The lowest BCUT2D eigenvalue weighted by molar-refractivity contribution is 0.0242. The van der Waals surface area contributed by atoms with E-state index in [1.807, 2.05) is 23.1 Å². The first kappa shape index (κ1) is 17.3. The number of hydrogen-bond donors (Lipinski definition) is 1. The summed E-state index contributed by atoms with van der Waals surface area (Å²) in [6.45, 7) is 6.45. The Bertz CT molecular complexity index is 761. The van der Waals surface area contributed by atoms with Crippen molar-refractivity contribution in [2.75, 3.05) is 53.0 Å². The Morgan fingerprint density at radius 3 is 2.77 bits per heavy atom. The molecule has 0 radical (unpaired) electrons. The number of aromatic amines is 1. The average Bonchev–Trinajstić information content (AvgIpc) is 3.12. The van der Waals surface area contributed by atoms with Crippen molar-refractivity contribution in [1.82, 2.24) is 20.0 Å². The number of ether oxygens (including phenoxy) is 2. The number of carbonyl (C=O) groups excluding carboxylic acids is 1. The van der Waals surface area contributed by atoms with E-state index in [1.165, 1.54) is 0 Å². The van der Waals surface area contributed by atoms with E-state index in [1.54, 1.807) is 7.11 Å². The number of fused-ring (bicyclic) bond motifs is 1. The molecule has 1 N–H and O–H groups in total. The molecule has 140 valence electrons. The van der Waals surface area contributed by atoms with Crippen molar-refractivity contribution >= 4 is 16.8 Å². The number of benzene rings is 1. The summed E-state index contributed by atoms with van der Waals surface area (Å²) in [6, 6.07) is 5.63. The van der Waals surface area contributed by atoms with Crippen LogP contribution in [0, 0.1) is 5.92 Å². The van der Waals surface area contributed by atoms with Crippen LogP contribution < -0.4 is 4.74 Å². The molecular formula is C19H26N4O3. The van der Waals surface area contributed by atoms with Crippen LogP contribution >= 0.6 is 0 Å². The minimum Gasteiger partial charge on any atom is -0.497 e. The van der Waals surface area contributed by atoms with Crippen molar-refractivity contribution in [2.45, 2.75) is 12.8 Å². The molecule has 7 nitrogen and oxygen atoms in total. The van der Waals surface area contributed by atoms with Crippen molar-refractivity contribution in [2.24, 2.45) is 5.92 Å². The summed E-state index contributed by atoms with van der Waals surface area (Å²) in [5, 5.41) is 8.04. The van der Waals surface area contributed by atoms with Gasteiger partial charge >= 0.3 is 0 Å². The molecule has 4 rings (SSSR count). The Hall–Kier alpha value is -2.12. The van der Waals surface area contributed by atoms with Crippen molar-refractivity contribution < 1.29 is 14.3 Å². The molecule has 0 saturated carbocycles. The fourth-order valence-corrected chi connectivity index (χ4v) is 3.90. The normalized spacial score (nSPS) is 19.8. The molecule has 0 atom stereocenters. The molecule has 0 spiro atoms. The van der Waals surface area contributed by atoms with Crippen LogP contribution in [0.15, 0.2) is 18.2 Å². The number of likely N-dealkylation sites (tertiary alicyclic amines) is 1. The minimum atomic E-state index is 0.00863. The molecule has 1 aromatic heterocycles. The summed E-state index contributed by atoms with van der Waals surface area (Å²) in [4.78, 5) is 17.4. The van der Waals surface area contributed by atoms with Crippen LogP contribution in [0.4, 0.5) is 0 Å². The smallest absolute Gasteiger partial charge is 0.274 e. The SMILES string of the molecule is COc1ccc2[nH]nc(C(=O)N3CCC(CN4CCOCC4)CC3)c2c1. The largest absolute Gasteiger partial charge is 0.497 e. The second kappa shape index (κ2) is 7.63. The van der Waals surface area contributed by atoms with Crippen LogP contribution in [0.5, 0.6) is 5.75 Å². The Morgan fingerprint density at radius 2 is 2.04 bits per heavy atom. The fraction of sp³-hybridized carbons (Fsp3) is 0.579. The third-order valence-electron chi connectivity index (χ3n) is 5.49. The fourth-order valence-electron chi connectivity index (χ4n) is 3.90. The van der Waals surface area contributed by atoms with E-state index in [9.17, 15) is 4.79 Å². The molecule has 2 aliphatic heterocycles. The number of methoxy groups -OCH3 is 1. The molecular weight excluding hydrogens is 332 g/mol. The predicted molar refractivity (Wildman–Crippen MR) is 98.5 cm³/mol. The summed E-state index contributed by atoms with van der Waals surface area (Å²) < 4.78 is 10.7. The highest BCUT2D eigenvalue weighted by Gasteiger charge is 2.27. The lowest BCUT2D eigenvalue weighted by atomic mass is 9.95. The molecule has 7 heteroatoms. The van der Waals surface area contributed by atoms with Gasteiger partial charge in [0.05, 0.1) is 25.8 Å². The molecule has 2 saturated heterocycles. The summed E-state index contributed by atoms with van der Waals surface area (Å²) in [5.41, 5.74) is 1.35. The van der Waals surface area contributed by atoms with Gasteiger partial charge in [-0.15, -0.1) is 0 Å². The molecule has 1 aromatic carbocycles. The van der Waals surface area contributed by atoms with Gasteiger partial charge in [-0.2, -0.15) is 5.10 Å². The van der Waals surface area contributed by atoms with Crippen LogP contribution in [0.25, 0.3) is 10.9 Å². The van der Waals surface area contributed by atoms with E-state index in [2.05, 4.69) is 15.1 Å². The maximum Gasteiger partial charge on any atom is 0.274 e. The Kier molecular flexibility index (Phi) is 5.08. The molecule has 1 amide bonds. The number of hydrogen-bond acceptors (Lipinski definition) is 5. The van der Waals surface area contributed by atoms with Gasteiger partial charge in [-0.25, -0.2) is 0 Å². The first-order chi connectivity index (χ1) is 12.7. The van der Waals surface area contributed by atoms with E-state index in [4.69, 9.17) is 9.47 Å². The van der Waals surface area contributed by atoms with E-state index in [-0.39, 0.29) is 5.91 Å². The number of amides is 1. The molecule has 0 bridgehead atoms. The molecule has 2 aromatic rings. The maximum atomic E-state index is 12.9. The minimum absolute atomic E-state index is 0.00863. The number of nitrogens with zero attached hydrogens (tertiary/aromatic N) is 3. The monoisotopic (exact) mass is 358 g/mol. The third-order valence-corrected chi connectivity index (χ3v) is 5.49. The number of H-pyrrole nitrogens is 1. The second-order valence-electron chi connectivity index (χ2n) is 7.13. The molecule has 2 fully saturated rings. The number of aromatic nitrogens is 2. The summed E-state index contributed by atoms with van der Waals surface area (Å²) in [6.07, 6.45) is 2.10. The van der Waals surface area contributed by atoms with Crippen molar-refractivity contribution in [1.29, 1.82) is 0 Å². The van der Waals surface area contributed by atoms with E-state index in [0.717, 1.165) is 75.4 Å². The Balaban J connectivity index is 1.39. The van der Waals surface area contributed by atoms with Crippen molar-refractivity contribution in [3.8, 4) is 5.75 Å². The average molecular weight is 358 g/mol. The van der Waals surface area contributed by atoms with E-state index < -0.39 is 0 Å². The molecule has 0 unspecified atom stereocenters. The van der Waals surface area contributed by atoms with E-state index >= 15 is 0 Å². The first-order valence-corrected chi connectivity index (χ1v) is 9.36. The van der Waals surface area contributed by atoms with Gasteiger partial charge in [-0.1, -0.05) is 0 Å². The van der Waals surface area contributed by atoms with Gasteiger partial charge in [0, 0.05) is 38.1 Å². The number of morpholine rings is 1. The van der Waals surface area contributed by atoms with Gasteiger partial charge in [0.1, 0.15) is 5.75 Å². The zero-order valence-corrected chi connectivity index (χ0v) is 15.2. The van der Waals surface area contributed by atoms with Gasteiger partial charge in [0.25, 0.3) is 5.91 Å². The molecule has 26 heavy (non-hydrogen) atoms. The van der Waals surface area contributed by atoms with Crippen LogP contribution in [-0.2, 0) is 4.74 Å². The Labute approximate surface area is 153 Å². The zero-order chi connectivity index (χ0) is 17.9. The quantitative estimate of drug-likeness (QED) is 0.902. The van der Waals surface area contributed by atoms with Gasteiger partial charge in [-0.3, -0.25) is 14.8 Å². The molecule has 3 heterocycles. The van der Waals surface area contributed by atoms with Gasteiger partial charge in [0.15, 0.2) is 5.69 Å². The Morgan fingerprint density at radius 1 is 1.27 bits per heavy atom. The van der Waals surface area contributed by atoms with Crippen molar-refractivity contribution in [3.05, 3.63) is 23.9 Å². The topological polar surface area (TPSA) is 70.7 Å². The van der Waals surface area contributed by atoms with Crippen LogP contribution in [0.2, 0.25) is 0 Å². The lowest BCUT2D eigenvalue weighted by Crippen LogP contribution is -2.44. The van der Waals surface area contributed by atoms with Gasteiger partial charge in [-0.05, 0) is 37.0 Å². The zero-order valence-electron chi connectivity index (χ0n) is 15.2. The number of carbonyl (C=O) groups is 1.